The molecule has 0 aromatic heterocycles. The first-order chi connectivity index (χ1) is 10.6. The van der Waals surface area contributed by atoms with Gasteiger partial charge in [-0.2, -0.15) is 0 Å². The summed E-state index contributed by atoms with van der Waals surface area (Å²) < 4.78 is 11.4. The zero-order chi connectivity index (χ0) is 18.2. The van der Waals surface area contributed by atoms with Gasteiger partial charge in [0.25, 0.3) is 0 Å². The number of carbonyl (C=O) groups excluding carboxylic acids is 1. The quantitative estimate of drug-likeness (QED) is 0.420. The van der Waals surface area contributed by atoms with E-state index in [1.54, 1.807) is 0 Å². The maximum absolute atomic E-state index is 11.8. The molecule has 2 unspecified atom stereocenters. The predicted octanol–water partition coefficient (Wildman–Crippen LogP) is 4.25. The molecule has 2 atom stereocenters. The molecule has 136 valence electrons. The van der Waals surface area contributed by atoms with Gasteiger partial charge < -0.3 is 9.47 Å². The Kier molecular flexibility index (Phi) is 10.2. The van der Waals surface area contributed by atoms with E-state index in [0.29, 0.717) is 12.1 Å². The lowest BCUT2D eigenvalue weighted by Gasteiger charge is -2.35. The van der Waals surface area contributed by atoms with E-state index >= 15 is 0 Å². The molecule has 0 bridgehead atoms. The molecule has 0 amide bonds. The number of esters is 1. The summed E-state index contributed by atoms with van der Waals surface area (Å²) in [4.78, 5) is 14.2. The van der Waals surface area contributed by atoms with Gasteiger partial charge >= 0.3 is 5.97 Å². The molecule has 0 aromatic carbocycles. The third kappa shape index (κ3) is 8.40. The van der Waals surface area contributed by atoms with Crippen LogP contribution in [0.1, 0.15) is 61.8 Å². The van der Waals surface area contributed by atoms with Crippen LogP contribution in [0, 0.1) is 11.8 Å². The van der Waals surface area contributed by atoms with Crippen molar-refractivity contribution in [2.24, 2.45) is 11.8 Å². The number of hydrogen-bond donors (Lipinski definition) is 0. The van der Waals surface area contributed by atoms with E-state index in [-0.39, 0.29) is 30.5 Å². The third-order valence-corrected chi connectivity index (χ3v) is 4.08. The van der Waals surface area contributed by atoms with Gasteiger partial charge in [0.2, 0.25) is 0 Å². The Labute approximate surface area is 143 Å². The summed E-state index contributed by atoms with van der Waals surface area (Å²) in [5, 5.41) is 0. The maximum Gasteiger partial charge on any atom is 0.308 e. The fraction of sp³-hybridized carbons (Fsp3) is 0.842. The van der Waals surface area contributed by atoms with E-state index in [4.69, 9.17) is 9.47 Å². The van der Waals surface area contributed by atoms with Crippen LogP contribution in [-0.4, -0.2) is 42.2 Å². The van der Waals surface area contributed by atoms with Crippen LogP contribution < -0.4 is 0 Å². The van der Waals surface area contributed by atoms with Gasteiger partial charge in [-0.25, -0.2) is 0 Å². The van der Waals surface area contributed by atoms with E-state index in [1.807, 2.05) is 13.8 Å². The molecule has 0 aliphatic heterocycles. The lowest BCUT2D eigenvalue weighted by atomic mass is 10.1. The minimum Gasteiger partial charge on any atom is -0.490 e. The standard InChI is InChI=1S/C19H37NO3/c1-10-16(8)20(15(6)7)11-18(23-17(9)13(2)3)12-22-19(21)14(4)5/h13-16,18H,9-12H2,1-8H3. The van der Waals surface area contributed by atoms with Crippen molar-refractivity contribution in [1.82, 2.24) is 4.90 Å². The second kappa shape index (κ2) is 10.7. The summed E-state index contributed by atoms with van der Waals surface area (Å²) in [5.41, 5.74) is 0. The second-order valence-corrected chi connectivity index (χ2v) is 7.19. The van der Waals surface area contributed by atoms with E-state index in [9.17, 15) is 4.79 Å². The minimum absolute atomic E-state index is 0.125. The molecule has 23 heavy (non-hydrogen) atoms. The molecule has 0 aliphatic rings. The zero-order valence-corrected chi connectivity index (χ0v) is 16.4. The first kappa shape index (κ1) is 22.0. The van der Waals surface area contributed by atoms with Gasteiger partial charge in [-0.3, -0.25) is 9.69 Å². The van der Waals surface area contributed by atoms with Crippen LogP contribution in [0.3, 0.4) is 0 Å². The summed E-state index contributed by atoms with van der Waals surface area (Å²) in [5.74, 6) is 0.672. The molecule has 0 rings (SSSR count). The van der Waals surface area contributed by atoms with Crippen molar-refractivity contribution in [3.63, 3.8) is 0 Å². The number of carbonyl (C=O) groups is 1. The smallest absolute Gasteiger partial charge is 0.308 e. The highest BCUT2D eigenvalue weighted by Gasteiger charge is 2.24. The van der Waals surface area contributed by atoms with Gasteiger partial charge in [0.15, 0.2) is 0 Å². The van der Waals surface area contributed by atoms with Crippen LogP contribution in [0.2, 0.25) is 0 Å². The van der Waals surface area contributed by atoms with Crippen LogP contribution in [0.4, 0.5) is 0 Å². The zero-order valence-electron chi connectivity index (χ0n) is 16.4. The van der Waals surface area contributed by atoms with Crippen LogP contribution in [0.15, 0.2) is 12.3 Å². The third-order valence-electron chi connectivity index (χ3n) is 4.08. The first-order valence-electron chi connectivity index (χ1n) is 8.87. The highest BCUT2D eigenvalue weighted by molar-refractivity contribution is 5.71. The highest BCUT2D eigenvalue weighted by atomic mass is 16.6. The van der Waals surface area contributed by atoms with Crippen molar-refractivity contribution in [2.75, 3.05) is 13.2 Å². The monoisotopic (exact) mass is 327 g/mol. The molecule has 0 heterocycles. The lowest BCUT2D eigenvalue weighted by Crippen LogP contribution is -2.45. The Bertz CT molecular complexity index is 364. The minimum atomic E-state index is -0.191. The molecule has 0 spiro atoms. The number of ether oxygens (including phenoxy) is 2. The SMILES string of the molecule is C=C(OC(COC(=O)C(C)C)CN(C(C)C)C(C)CC)C(C)C. The molecule has 0 fully saturated rings. The average molecular weight is 328 g/mol. The van der Waals surface area contributed by atoms with Crippen molar-refractivity contribution in [3.05, 3.63) is 12.3 Å². The van der Waals surface area contributed by atoms with Crippen molar-refractivity contribution in [3.8, 4) is 0 Å². The number of rotatable bonds is 11. The fourth-order valence-corrected chi connectivity index (χ4v) is 2.19. The van der Waals surface area contributed by atoms with Crippen LogP contribution in [0.5, 0.6) is 0 Å². The molecule has 0 N–H and O–H groups in total. The first-order valence-corrected chi connectivity index (χ1v) is 8.87. The average Bonchev–Trinajstić information content (AvgIpc) is 2.47. The van der Waals surface area contributed by atoms with Gasteiger partial charge in [-0.15, -0.1) is 0 Å². The summed E-state index contributed by atoms with van der Waals surface area (Å²) >= 11 is 0. The number of nitrogens with zero attached hydrogens (tertiary/aromatic N) is 1. The Balaban J connectivity index is 4.94. The Hall–Kier alpha value is -1.03. The normalized spacial score (nSPS) is 14.4. The van der Waals surface area contributed by atoms with Gasteiger partial charge in [0, 0.05) is 24.5 Å². The fourth-order valence-electron chi connectivity index (χ4n) is 2.19. The Morgan fingerprint density at radius 1 is 1.04 bits per heavy atom. The highest BCUT2D eigenvalue weighted by Crippen LogP contribution is 2.16. The topological polar surface area (TPSA) is 38.8 Å². The second-order valence-electron chi connectivity index (χ2n) is 7.19. The van der Waals surface area contributed by atoms with Crippen molar-refractivity contribution < 1.29 is 14.3 Å². The molecule has 4 nitrogen and oxygen atoms in total. The van der Waals surface area contributed by atoms with Crippen LogP contribution in [-0.2, 0) is 14.3 Å². The van der Waals surface area contributed by atoms with Crippen molar-refractivity contribution >= 4 is 5.97 Å². The van der Waals surface area contributed by atoms with Crippen LogP contribution in [0.25, 0.3) is 0 Å². The summed E-state index contributed by atoms with van der Waals surface area (Å²) in [6.07, 6.45) is 0.880. The molecule has 0 aliphatic carbocycles. The van der Waals surface area contributed by atoms with Gasteiger partial charge in [0.1, 0.15) is 12.7 Å². The molecule has 0 saturated heterocycles. The maximum atomic E-state index is 11.8. The van der Waals surface area contributed by atoms with Gasteiger partial charge in [0.05, 0.1) is 11.7 Å². The number of hydrogen-bond acceptors (Lipinski definition) is 4. The number of allylic oxidation sites excluding steroid dienone is 1. The van der Waals surface area contributed by atoms with Gasteiger partial charge in [-0.05, 0) is 27.2 Å². The van der Waals surface area contributed by atoms with Crippen LogP contribution >= 0.6 is 0 Å². The molecular formula is C19H37NO3. The lowest BCUT2D eigenvalue weighted by molar-refractivity contribution is -0.151. The summed E-state index contributed by atoms with van der Waals surface area (Å²) in [6.45, 7) is 21.5. The molecule has 0 aromatic rings. The summed E-state index contributed by atoms with van der Waals surface area (Å²) in [6, 6.07) is 0.860. The van der Waals surface area contributed by atoms with E-state index in [2.05, 4.69) is 53.0 Å². The van der Waals surface area contributed by atoms with E-state index in [0.717, 1.165) is 18.7 Å². The molecule has 0 saturated carbocycles. The summed E-state index contributed by atoms with van der Waals surface area (Å²) in [7, 11) is 0. The predicted molar refractivity (Wildman–Crippen MR) is 96.2 cm³/mol. The van der Waals surface area contributed by atoms with Crippen molar-refractivity contribution in [2.45, 2.75) is 80.0 Å². The van der Waals surface area contributed by atoms with E-state index in [1.165, 1.54) is 0 Å². The van der Waals surface area contributed by atoms with Crippen molar-refractivity contribution in [1.29, 1.82) is 0 Å². The molecular weight excluding hydrogens is 290 g/mol. The van der Waals surface area contributed by atoms with E-state index < -0.39 is 0 Å². The Morgan fingerprint density at radius 3 is 2.00 bits per heavy atom. The Morgan fingerprint density at radius 2 is 1.61 bits per heavy atom. The largest absolute Gasteiger partial charge is 0.490 e. The van der Waals surface area contributed by atoms with Gasteiger partial charge in [-0.1, -0.05) is 41.2 Å². The molecule has 4 heteroatoms. The molecule has 0 radical (unpaired) electrons.